The predicted octanol–water partition coefficient (Wildman–Crippen LogP) is 5.46. The number of alkyl carbamates (subject to hydrolysis) is 1. The van der Waals surface area contributed by atoms with E-state index in [1.807, 2.05) is 79.7 Å². The summed E-state index contributed by atoms with van der Waals surface area (Å²) in [6.07, 6.45) is 1.02. The summed E-state index contributed by atoms with van der Waals surface area (Å²) in [7, 11) is 0. The molecule has 1 aromatic rings. The van der Waals surface area contributed by atoms with Crippen molar-refractivity contribution in [3.8, 4) is 0 Å². The first-order valence-electron chi connectivity index (χ1n) is 12.1. The van der Waals surface area contributed by atoms with Gasteiger partial charge in [0.15, 0.2) is 0 Å². The quantitative estimate of drug-likeness (QED) is 0.534. The molecule has 3 amide bonds. The highest BCUT2D eigenvalue weighted by Gasteiger charge is 2.43. The van der Waals surface area contributed by atoms with Crippen LogP contribution in [0, 0.1) is 5.92 Å². The summed E-state index contributed by atoms with van der Waals surface area (Å²) in [6.45, 7) is 24.2. The molecule has 2 atom stereocenters. The van der Waals surface area contributed by atoms with E-state index in [2.05, 4.69) is 17.2 Å². The molecule has 1 rings (SSSR count). The highest BCUT2D eigenvalue weighted by molar-refractivity contribution is 5.93. The minimum Gasteiger partial charge on any atom is -0.444 e. The molecule has 0 aromatic heterocycles. The average Bonchev–Trinajstić information content (AvgIpc) is 2.65. The molecule has 196 valence electrons. The number of rotatable bonds is 7. The van der Waals surface area contributed by atoms with Crippen molar-refractivity contribution >= 4 is 24.0 Å². The van der Waals surface area contributed by atoms with Gasteiger partial charge in [0, 0.05) is 11.1 Å². The second-order valence-corrected chi connectivity index (χ2v) is 12.3. The lowest BCUT2D eigenvalue weighted by Crippen LogP contribution is -2.60. The first-order valence-corrected chi connectivity index (χ1v) is 12.1. The van der Waals surface area contributed by atoms with Crippen molar-refractivity contribution in [2.45, 2.75) is 105 Å². The molecule has 0 fully saturated rings. The van der Waals surface area contributed by atoms with Gasteiger partial charge < -0.3 is 20.3 Å². The molecule has 0 aliphatic heterocycles. The zero-order chi connectivity index (χ0) is 27.4. The fraction of sp³-hybridized carbons (Fsp3) is 0.607. The number of ether oxygens (including phenoxy) is 1. The van der Waals surface area contributed by atoms with Crippen LogP contribution in [0.2, 0.25) is 0 Å². The number of hydrogen-bond donors (Lipinski definition) is 2. The molecule has 0 bridgehead atoms. The smallest absolute Gasteiger partial charge is 0.408 e. The van der Waals surface area contributed by atoms with E-state index in [-0.39, 0.29) is 17.7 Å². The molecule has 7 heteroatoms. The van der Waals surface area contributed by atoms with E-state index in [1.54, 1.807) is 31.7 Å². The van der Waals surface area contributed by atoms with E-state index in [9.17, 15) is 14.4 Å². The molecular formula is C28H45N3O4. The van der Waals surface area contributed by atoms with Crippen LogP contribution in [0.15, 0.2) is 30.8 Å². The third kappa shape index (κ3) is 9.38. The normalized spacial score (nSPS) is 14.1. The first-order chi connectivity index (χ1) is 15.8. The maximum absolute atomic E-state index is 14.1. The van der Waals surface area contributed by atoms with Gasteiger partial charge >= 0.3 is 6.09 Å². The fourth-order valence-corrected chi connectivity index (χ4v) is 3.65. The van der Waals surface area contributed by atoms with Crippen molar-refractivity contribution in [3.05, 3.63) is 42.0 Å². The summed E-state index contributed by atoms with van der Waals surface area (Å²) in [6, 6.07) is 5.60. The number of carbonyl (C=O) groups excluding carboxylic acids is 3. The summed E-state index contributed by atoms with van der Waals surface area (Å²) >= 11 is 0. The van der Waals surface area contributed by atoms with Gasteiger partial charge in [0.25, 0.3) is 0 Å². The van der Waals surface area contributed by atoms with E-state index < -0.39 is 34.9 Å². The van der Waals surface area contributed by atoms with Crippen molar-refractivity contribution in [2.75, 3.05) is 0 Å². The molecule has 0 saturated heterocycles. The van der Waals surface area contributed by atoms with Crippen LogP contribution in [0.4, 0.5) is 4.79 Å². The number of nitrogens with one attached hydrogen (secondary N) is 2. The number of carbonyl (C=O) groups is 3. The molecule has 0 radical (unpaired) electrons. The Hall–Kier alpha value is -2.83. The van der Waals surface area contributed by atoms with E-state index >= 15 is 0 Å². The van der Waals surface area contributed by atoms with Crippen molar-refractivity contribution in [2.24, 2.45) is 5.92 Å². The first kappa shape index (κ1) is 30.2. The zero-order valence-corrected chi connectivity index (χ0v) is 23.4. The van der Waals surface area contributed by atoms with Crippen molar-refractivity contribution < 1.29 is 19.1 Å². The van der Waals surface area contributed by atoms with Crippen LogP contribution in [0.1, 0.15) is 93.3 Å². The largest absolute Gasteiger partial charge is 0.444 e. The Bertz CT molecular complexity index is 917. The number of amides is 3. The minimum absolute atomic E-state index is 0.245. The summed E-state index contributed by atoms with van der Waals surface area (Å²) in [4.78, 5) is 42.0. The zero-order valence-electron chi connectivity index (χ0n) is 23.4. The highest BCUT2D eigenvalue weighted by atomic mass is 16.6. The van der Waals surface area contributed by atoms with Gasteiger partial charge in [0.2, 0.25) is 11.8 Å². The Labute approximate surface area is 211 Å². The molecule has 1 aromatic carbocycles. The lowest BCUT2D eigenvalue weighted by atomic mass is 9.92. The van der Waals surface area contributed by atoms with Crippen molar-refractivity contribution in [1.29, 1.82) is 0 Å². The molecule has 0 heterocycles. The fourth-order valence-electron chi connectivity index (χ4n) is 3.65. The highest BCUT2D eigenvalue weighted by Crippen LogP contribution is 2.32. The van der Waals surface area contributed by atoms with Crippen LogP contribution in [-0.4, -0.2) is 45.5 Å². The molecule has 35 heavy (non-hydrogen) atoms. The monoisotopic (exact) mass is 487 g/mol. The van der Waals surface area contributed by atoms with Gasteiger partial charge in [0.05, 0.1) is 0 Å². The summed E-state index contributed by atoms with van der Waals surface area (Å²) in [5.74, 6) is -0.913. The number of hydrogen-bond acceptors (Lipinski definition) is 4. The predicted molar refractivity (Wildman–Crippen MR) is 142 cm³/mol. The Morgan fingerprint density at radius 2 is 1.57 bits per heavy atom. The van der Waals surface area contributed by atoms with Gasteiger partial charge in [-0.3, -0.25) is 9.59 Å². The van der Waals surface area contributed by atoms with E-state index in [0.29, 0.717) is 5.56 Å². The van der Waals surface area contributed by atoms with E-state index in [4.69, 9.17) is 4.74 Å². The minimum atomic E-state index is -0.927. The molecule has 2 N–H and O–H groups in total. The number of nitrogens with zero attached hydrogens (tertiary/aromatic N) is 1. The summed E-state index contributed by atoms with van der Waals surface area (Å²) in [5, 5.41) is 5.77. The van der Waals surface area contributed by atoms with Gasteiger partial charge in [-0.25, -0.2) is 4.79 Å². The Balaban J connectivity index is 3.64. The van der Waals surface area contributed by atoms with Gasteiger partial charge in [-0.1, -0.05) is 44.7 Å². The Morgan fingerprint density at radius 1 is 1.00 bits per heavy atom. The van der Waals surface area contributed by atoms with Crippen LogP contribution >= 0.6 is 0 Å². The second kappa shape index (κ2) is 11.3. The Morgan fingerprint density at radius 3 is 2.00 bits per heavy atom. The lowest BCUT2D eigenvalue weighted by molar-refractivity contribution is -0.149. The molecule has 0 aliphatic carbocycles. The van der Waals surface area contributed by atoms with E-state index in [0.717, 1.165) is 5.56 Å². The van der Waals surface area contributed by atoms with Crippen LogP contribution < -0.4 is 10.6 Å². The van der Waals surface area contributed by atoms with Crippen LogP contribution in [-0.2, 0) is 14.3 Å². The van der Waals surface area contributed by atoms with Crippen LogP contribution in [0.3, 0.4) is 0 Å². The van der Waals surface area contributed by atoms with Gasteiger partial charge in [-0.15, -0.1) is 0 Å². The molecule has 0 saturated carbocycles. The average molecular weight is 488 g/mol. The standard InChI is InChI=1S/C28H45N3O4/c1-13-19-15-14-16-20(17-19)22(23(32)30-26(4,5)6)31(27(7,8)9)24(33)21(18(2)3)29-25(34)35-28(10,11)12/h13-18,21-22H,1H2,2-12H3,(H,29,34)(H,30,32). The Kier molecular flexibility index (Phi) is 9.73. The summed E-state index contributed by atoms with van der Waals surface area (Å²) < 4.78 is 5.41. The van der Waals surface area contributed by atoms with Crippen molar-refractivity contribution in [1.82, 2.24) is 15.5 Å². The second-order valence-electron chi connectivity index (χ2n) is 12.3. The van der Waals surface area contributed by atoms with Crippen molar-refractivity contribution in [3.63, 3.8) is 0 Å². The molecule has 2 unspecified atom stereocenters. The van der Waals surface area contributed by atoms with Crippen LogP contribution in [0.25, 0.3) is 6.08 Å². The molecule has 7 nitrogen and oxygen atoms in total. The maximum Gasteiger partial charge on any atom is 0.408 e. The maximum atomic E-state index is 14.1. The molecule has 0 spiro atoms. The van der Waals surface area contributed by atoms with Crippen LogP contribution in [0.5, 0.6) is 0 Å². The topological polar surface area (TPSA) is 87.7 Å². The van der Waals surface area contributed by atoms with Gasteiger partial charge in [0.1, 0.15) is 17.7 Å². The SMILES string of the molecule is C=Cc1cccc(C(C(=O)NC(C)(C)C)N(C(=O)C(NC(=O)OC(C)(C)C)C(C)C)C(C)(C)C)c1. The van der Waals surface area contributed by atoms with Gasteiger partial charge in [-0.2, -0.15) is 0 Å². The number of benzene rings is 1. The van der Waals surface area contributed by atoms with E-state index in [1.165, 1.54) is 0 Å². The van der Waals surface area contributed by atoms with Gasteiger partial charge in [-0.05, 0) is 85.4 Å². The summed E-state index contributed by atoms with van der Waals surface area (Å²) in [5.41, 5.74) is -0.468. The molecule has 0 aliphatic rings. The lowest BCUT2D eigenvalue weighted by Gasteiger charge is -2.44. The molecular weight excluding hydrogens is 442 g/mol. The third-order valence-corrected chi connectivity index (χ3v) is 5.03. The third-order valence-electron chi connectivity index (χ3n) is 5.03.